The fourth-order valence-electron chi connectivity index (χ4n) is 3.87. The first-order chi connectivity index (χ1) is 14.0. The average molecular weight is 413 g/mol. The molecular weight excluding hydrogens is 381 g/mol. The van der Waals surface area contributed by atoms with E-state index in [1.165, 1.54) is 40.8 Å². The summed E-state index contributed by atoms with van der Waals surface area (Å²) < 4.78 is 38.4. The second-order valence-corrected chi connectivity index (χ2v) is 9.61. The van der Waals surface area contributed by atoms with Gasteiger partial charge >= 0.3 is 6.18 Å². The van der Waals surface area contributed by atoms with Crippen LogP contribution in [0.25, 0.3) is 5.57 Å². The largest absolute Gasteiger partial charge is 0.416 e. The smallest absolute Gasteiger partial charge is 0.166 e. The van der Waals surface area contributed by atoms with Crippen LogP contribution in [0, 0.1) is 5.41 Å². The predicted octanol–water partition coefficient (Wildman–Crippen LogP) is 8.42. The topological polar surface area (TPSA) is 0 Å². The molecule has 0 saturated carbocycles. The lowest BCUT2D eigenvalue weighted by molar-refractivity contribution is -0.137. The van der Waals surface area contributed by atoms with Crippen molar-refractivity contribution in [2.45, 2.75) is 66.0 Å². The molecule has 3 heteroatoms. The molecule has 0 aromatic heterocycles. The normalized spacial score (nSPS) is 15.0. The highest BCUT2D eigenvalue weighted by Crippen LogP contribution is 2.36. The van der Waals surface area contributed by atoms with Crippen molar-refractivity contribution in [3.8, 4) is 0 Å². The molecule has 0 amide bonds. The number of hydrogen-bond donors (Lipinski definition) is 0. The van der Waals surface area contributed by atoms with E-state index in [2.05, 4.69) is 58.0 Å². The zero-order valence-electron chi connectivity index (χ0n) is 18.4. The van der Waals surface area contributed by atoms with Gasteiger partial charge in [-0.2, -0.15) is 13.2 Å². The maximum Gasteiger partial charge on any atom is 0.416 e. The Morgan fingerprint density at radius 1 is 0.833 bits per heavy atom. The molecule has 0 bridgehead atoms. The van der Waals surface area contributed by atoms with E-state index in [0.717, 1.165) is 36.8 Å². The Morgan fingerprint density at radius 3 is 2.07 bits per heavy atom. The van der Waals surface area contributed by atoms with Gasteiger partial charge in [0.15, 0.2) is 0 Å². The van der Waals surface area contributed by atoms with Crippen LogP contribution in [0.5, 0.6) is 0 Å². The number of allylic oxidation sites excluding steroid dienone is 4. The summed E-state index contributed by atoms with van der Waals surface area (Å²) in [7, 11) is 0. The highest BCUT2D eigenvalue weighted by Gasteiger charge is 2.30. The molecule has 3 rings (SSSR count). The van der Waals surface area contributed by atoms with Crippen molar-refractivity contribution in [1.82, 2.24) is 0 Å². The average Bonchev–Trinajstić information content (AvgIpc) is 3.05. The Labute approximate surface area is 178 Å². The van der Waals surface area contributed by atoms with Crippen LogP contribution < -0.4 is 0 Å². The maximum absolute atomic E-state index is 12.8. The summed E-state index contributed by atoms with van der Waals surface area (Å²) in [5, 5.41) is 0. The minimum atomic E-state index is -4.29. The quantitative estimate of drug-likeness (QED) is 0.447. The fraction of sp³-hybridized carbons (Fsp3) is 0.407. The number of aryl methyl sites for hydroxylation is 2. The zero-order valence-corrected chi connectivity index (χ0v) is 18.4. The van der Waals surface area contributed by atoms with Gasteiger partial charge in [0.25, 0.3) is 0 Å². The molecule has 0 unspecified atom stereocenters. The first kappa shape index (κ1) is 22.4. The molecule has 30 heavy (non-hydrogen) atoms. The number of hydrogen-bond acceptors (Lipinski definition) is 0. The van der Waals surface area contributed by atoms with Gasteiger partial charge in [-0.25, -0.2) is 0 Å². The molecule has 0 aliphatic heterocycles. The monoisotopic (exact) mass is 412 g/mol. The van der Waals surface area contributed by atoms with Crippen LogP contribution >= 0.6 is 0 Å². The molecule has 0 radical (unpaired) electrons. The van der Waals surface area contributed by atoms with Gasteiger partial charge in [-0.05, 0) is 84.4 Å². The Hall–Kier alpha value is -2.29. The number of rotatable bonds is 6. The van der Waals surface area contributed by atoms with Crippen molar-refractivity contribution in [2.24, 2.45) is 5.41 Å². The zero-order chi connectivity index (χ0) is 21.9. The summed E-state index contributed by atoms with van der Waals surface area (Å²) in [5.74, 6) is 0. The van der Waals surface area contributed by atoms with Crippen molar-refractivity contribution < 1.29 is 13.2 Å². The van der Waals surface area contributed by atoms with Crippen molar-refractivity contribution in [3.05, 3.63) is 88.0 Å². The molecule has 2 aromatic carbocycles. The molecule has 0 fully saturated rings. The lowest BCUT2D eigenvalue weighted by Gasteiger charge is -2.18. The molecule has 0 N–H and O–H groups in total. The van der Waals surface area contributed by atoms with Gasteiger partial charge in [-0.15, -0.1) is 0 Å². The number of benzene rings is 2. The third-order valence-corrected chi connectivity index (χ3v) is 5.77. The van der Waals surface area contributed by atoms with Gasteiger partial charge in [0.2, 0.25) is 0 Å². The molecule has 160 valence electrons. The van der Waals surface area contributed by atoms with Crippen LogP contribution in [0.2, 0.25) is 0 Å². The van der Waals surface area contributed by atoms with Crippen molar-refractivity contribution >= 4 is 5.57 Å². The Balaban J connectivity index is 1.63. The van der Waals surface area contributed by atoms with Gasteiger partial charge in [-0.1, -0.05) is 68.8 Å². The van der Waals surface area contributed by atoms with Crippen molar-refractivity contribution in [2.75, 3.05) is 0 Å². The van der Waals surface area contributed by atoms with Gasteiger partial charge in [0.05, 0.1) is 5.56 Å². The van der Waals surface area contributed by atoms with Crippen molar-refractivity contribution in [1.29, 1.82) is 0 Å². The van der Waals surface area contributed by atoms with Gasteiger partial charge in [-0.3, -0.25) is 0 Å². The summed E-state index contributed by atoms with van der Waals surface area (Å²) in [6.07, 6.45) is 2.89. The molecule has 0 nitrogen and oxygen atoms in total. The molecule has 0 atom stereocenters. The predicted molar refractivity (Wildman–Crippen MR) is 119 cm³/mol. The summed E-state index contributed by atoms with van der Waals surface area (Å²) >= 11 is 0. The van der Waals surface area contributed by atoms with E-state index in [4.69, 9.17) is 0 Å². The van der Waals surface area contributed by atoms with E-state index in [-0.39, 0.29) is 0 Å². The Morgan fingerprint density at radius 2 is 1.47 bits per heavy atom. The third-order valence-electron chi connectivity index (χ3n) is 5.77. The first-order valence-corrected chi connectivity index (χ1v) is 10.7. The van der Waals surface area contributed by atoms with E-state index in [1.54, 1.807) is 12.1 Å². The highest BCUT2D eigenvalue weighted by atomic mass is 19.4. The highest BCUT2D eigenvalue weighted by molar-refractivity contribution is 5.74. The number of halogens is 3. The minimum Gasteiger partial charge on any atom is -0.166 e. The summed E-state index contributed by atoms with van der Waals surface area (Å²) in [5.41, 5.74) is 7.08. The van der Waals surface area contributed by atoms with E-state index in [1.807, 2.05) is 0 Å². The van der Waals surface area contributed by atoms with Gasteiger partial charge < -0.3 is 0 Å². The molecule has 0 heterocycles. The fourth-order valence-corrected chi connectivity index (χ4v) is 3.87. The first-order valence-electron chi connectivity index (χ1n) is 10.7. The molecular formula is C27H31F3. The molecule has 0 saturated heterocycles. The lowest BCUT2D eigenvalue weighted by Crippen LogP contribution is -2.06. The summed E-state index contributed by atoms with van der Waals surface area (Å²) in [4.78, 5) is 0. The van der Waals surface area contributed by atoms with Crippen LogP contribution in [0.4, 0.5) is 13.2 Å². The standard InChI is InChI=1S/C27H31F3/c1-19-16-24(22-10-12-25(13-11-22)27(28,29)30)18-23(19)9-8-20-6-5-7-21(17-20)14-15-26(2,3)4/h5-7,10-13,17-18H,8-9,14-16H2,1-4H3. The van der Waals surface area contributed by atoms with Crippen LogP contribution in [0.15, 0.2) is 65.8 Å². The van der Waals surface area contributed by atoms with Gasteiger partial charge in [0, 0.05) is 0 Å². The van der Waals surface area contributed by atoms with E-state index in [0.29, 0.717) is 5.41 Å². The molecule has 1 aliphatic rings. The minimum absolute atomic E-state index is 0.335. The Bertz CT molecular complexity index is 935. The van der Waals surface area contributed by atoms with Crippen LogP contribution in [-0.2, 0) is 19.0 Å². The van der Waals surface area contributed by atoms with Crippen LogP contribution in [0.1, 0.15) is 69.2 Å². The molecule has 0 spiro atoms. The summed E-state index contributed by atoms with van der Waals surface area (Å²) in [6, 6.07) is 14.4. The second-order valence-electron chi connectivity index (χ2n) is 9.61. The second kappa shape index (κ2) is 8.83. The van der Waals surface area contributed by atoms with E-state index in [9.17, 15) is 13.2 Å². The Kier molecular flexibility index (Phi) is 6.59. The number of alkyl halides is 3. The van der Waals surface area contributed by atoms with E-state index < -0.39 is 11.7 Å². The van der Waals surface area contributed by atoms with Crippen molar-refractivity contribution in [3.63, 3.8) is 0 Å². The molecule has 2 aromatic rings. The maximum atomic E-state index is 12.8. The van der Waals surface area contributed by atoms with Crippen LogP contribution in [-0.4, -0.2) is 0 Å². The van der Waals surface area contributed by atoms with E-state index >= 15 is 0 Å². The summed E-state index contributed by atoms with van der Waals surface area (Å²) in [6.45, 7) is 8.94. The SMILES string of the molecule is CC1=C(CCc2cccc(CCC(C)(C)C)c2)C=C(c2ccc(C(F)(F)F)cc2)C1. The third kappa shape index (κ3) is 6.10. The van der Waals surface area contributed by atoms with Crippen LogP contribution in [0.3, 0.4) is 0 Å². The van der Waals surface area contributed by atoms with Gasteiger partial charge in [0.1, 0.15) is 0 Å². The molecule has 1 aliphatic carbocycles. The lowest BCUT2D eigenvalue weighted by atomic mass is 9.88.